The Morgan fingerprint density at radius 1 is 0.688 bits per heavy atom. The van der Waals surface area contributed by atoms with Gasteiger partial charge in [0.05, 0.1) is 27.7 Å². The first-order chi connectivity index (χ1) is 23.0. The number of nitrogens with zero attached hydrogens (tertiary/aromatic N) is 1. The maximum Gasteiger partial charge on any atom is 0.306 e. The van der Waals surface area contributed by atoms with E-state index in [1.54, 1.807) is 6.08 Å². The molecule has 0 saturated heterocycles. The molecule has 0 aromatic rings. The Morgan fingerprint density at radius 2 is 1.21 bits per heavy atom. The van der Waals surface area contributed by atoms with E-state index in [9.17, 15) is 23.8 Å². The van der Waals surface area contributed by atoms with Crippen LogP contribution in [0.25, 0.3) is 0 Å². The van der Waals surface area contributed by atoms with Gasteiger partial charge >= 0.3 is 11.9 Å². The quantitative estimate of drug-likeness (QED) is 0.0124. The number of likely N-dealkylation sites (N-methyl/N-ethyl adjacent to an activating group) is 1. The molecule has 10 nitrogen and oxygen atoms in total. The highest BCUT2D eigenvalue weighted by Gasteiger charge is 2.21. The van der Waals surface area contributed by atoms with Gasteiger partial charge in [-0.25, -0.2) is 0 Å². The van der Waals surface area contributed by atoms with Crippen molar-refractivity contribution in [2.45, 2.75) is 148 Å². The molecule has 280 valence electrons. The lowest BCUT2D eigenvalue weighted by Gasteiger charge is -2.28. The van der Waals surface area contributed by atoms with Gasteiger partial charge < -0.3 is 27.9 Å². The van der Waals surface area contributed by atoms with Crippen LogP contribution in [0.2, 0.25) is 0 Å². The SMILES string of the molecule is CCCCCCCCCCCCCCCC(=O)OC[C@H](COP(=O)([O-])OCC[N+](C)(C)C)OC(=O)CCCCCCC/C=C/C=C/C=O. The summed E-state index contributed by atoms with van der Waals surface area (Å²) in [4.78, 5) is 47.5. The molecule has 0 aliphatic rings. The third kappa shape index (κ3) is 34.0. The van der Waals surface area contributed by atoms with Crippen LogP contribution in [0.5, 0.6) is 0 Å². The summed E-state index contributed by atoms with van der Waals surface area (Å²) < 4.78 is 33.6. The summed E-state index contributed by atoms with van der Waals surface area (Å²) in [5, 5.41) is 0. The molecule has 0 aliphatic heterocycles. The first kappa shape index (κ1) is 46.2. The highest BCUT2D eigenvalue weighted by Crippen LogP contribution is 2.38. The highest BCUT2D eigenvalue weighted by atomic mass is 31.2. The van der Waals surface area contributed by atoms with Crippen molar-refractivity contribution >= 4 is 26.0 Å². The van der Waals surface area contributed by atoms with E-state index in [0.717, 1.165) is 57.7 Å². The van der Waals surface area contributed by atoms with Gasteiger partial charge in [-0.3, -0.25) is 18.9 Å². The molecule has 0 bridgehead atoms. The number of aldehydes is 1. The molecule has 0 aromatic carbocycles. The van der Waals surface area contributed by atoms with Crippen LogP contribution in [0.4, 0.5) is 0 Å². The van der Waals surface area contributed by atoms with Crippen LogP contribution < -0.4 is 4.89 Å². The third-order valence-corrected chi connectivity index (χ3v) is 8.80. The number of allylic oxidation sites excluding steroid dienone is 4. The summed E-state index contributed by atoms with van der Waals surface area (Å²) in [6.07, 6.45) is 28.3. The average Bonchev–Trinajstić information content (AvgIpc) is 3.02. The Labute approximate surface area is 292 Å². The van der Waals surface area contributed by atoms with E-state index in [0.29, 0.717) is 17.4 Å². The van der Waals surface area contributed by atoms with Crippen molar-refractivity contribution in [1.82, 2.24) is 0 Å². The monoisotopic (exact) mass is 701 g/mol. The Balaban J connectivity index is 4.44. The van der Waals surface area contributed by atoms with E-state index >= 15 is 0 Å². The molecule has 48 heavy (non-hydrogen) atoms. The van der Waals surface area contributed by atoms with E-state index < -0.39 is 32.5 Å². The number of hydrogen-bond donors (Lipinski definition) is 0. The smallest absolute Gasteiger partial charge is 0.306 e. The summed E-state index contributed by atoms with van der Waals surface area (Å²) in [5.41, 5.74) is 0. The molecule has 0 heterocycles. The lowest BCUT2D eigenvalue weighted by atomic mass is 10.0. The topological polar surface area (TPSA) is 128 Å². The molecule has 2 atom stereocenters. The minimum absolute atomic E-state index is 0.0453. The minimum atomic E-state index is -4.63. The molecular formula is C37H68NO9P. The van der Waals surface area contributed by atoms with Crippen LogP contribution in [-0.4, -0.2) is 76.3 Å². The normalized spacial score (nSPS) is 13.9. The number of rotatable bonds is 34. The summed E-state index contributed by atoms with van der Waals surface area (Å²) in [7, 11) is 1.11. The van der Waals surface area contributed by atoms with Crippen LogP contribution in [0, 0.1) is 0 Å². The molecule has 0 aromatic heterocycles. The predicted octanol–water partition coefficient (Wildman–Crippen LogP) is 8.17. The van der Waals surface area contributed by atoms with Gasteiger partial charge in [-0.2, -0.15) is 0 Å². The molecule has 11 heteroatoms. The van der Waals surface area contributed by atoms with Gasteiger partial charge in [-0.05, 0) is 31.8 Å². The minimum Gasteiger partial charge on any atom is -0.756 e. The van der Waals surface area contributed by atoms with Crippen molar-refractivity contribution < 1.29 is 46.8 Å². The van der Waals surface area contributed by atoms with Gasteiger partial charge in [-0.1, -0.05) is 121 Å². The number of esters is 2. The van der Waals surface area contributed by atoms with Gasteiger partial charge in [0, 0.05) is 12.8 Å². The Bertz CT molecular complexity index is 917. The maximum absolute atomic E-state index is 12.5. The highest BCUT2D eigenvalue weighted by molar-refractivity contribution is 7.45. The molecular weight excluding hydrogens is 633 g/mol. The standard InChI is InChI=1S/C37H68NO9P/c1-5-6-7-8-9-10-11-12-13-16-19-22-25-28-36(40)44-33-35(34-46-48(42,43)45-32-30-38(2,3)4)47-37(41)29-26-23-20-17-14-15-18-21-24-27-31-39/h18,21,24,27,31,35H,5-17,19-20,22-23,25-26,28-30,32-34H2,1-4H3/b21-18+,27-24+/t35-/m1/s1. The summed E-state index contributed by atoms with van der Waals surface area (Å²) in [6.45, 7) is 1.89. The Hall–Kier alpha value is -1.84. The van der Waals surface area contributed by atoms with Crippen LogP contribution in [0.3, 0.4) is 0 Å². The number of carbonyl (C=O) groups is 3. The fourth-order valence-electron chi connectivity index (χ4n) is 4.89. The number of ether oxygens (including phenoxy) is 2. The third-order valence-electron chi connectivity index (χ3n) is 7.83. The fraction of sp³-hybridized carbons (Fsp3) is 0.811. The second-order valence-corrected chi connectivity index (χ2v) is 15.0. The van der Waals surface area contributed by atoms with Gasteiger partial charge in [-0.15, -0.1) is 0 Å². The Kier molecular flexibility index (Phi) is 30.0. The zero-order valence-electron chi connectivity index (χ0n) is 30.7. The van der Waals surface area contributed by atoms with Crippen LogP contribution >= 0.6 is 7.82 Å². The second-order valence-electron chi connectivity index (χ2n) is 13.6. The predicted molar refractivity (Wildman–Crippen MR) is 190 cm³/mol. The number of phosphoric acid groups is 1. The number of quaternary nitrogens is 1. The van der Waals surface area contributed by atoms with Gasteiger partial charge in [0.25, 0.3) is 7.82 Å². The molecule has 0 fully saturated rings. The molecule has 1 unspecified atom stereocenters. The van der Waals surface area contributed by atoms with Crippen molar-refractivity contribution in [2.75, 3.05) is 47.5 Å². The number of unbranched alkanes of at least 4 members (excludes halogenated alkanes) is 17. The first-order valence-electron chi connectivity index (χ1n) is 18.5. The van der Waals surface area contributed by atoms with E-state index in [4.69, 9.17) is 18.5 Å². The van der Waals surface area contributed by atoms with Crippen LogP contribution in [-0.2, 0) is 37.5 Å². The largest absolute Gasteiger partial charge is 0.756 e. The van der Waals surface area contributed by atoms with Crippen molar-refractivity contribution in [1.29, 1.82) is 0 Å². The van der Waals surface area contributed by atoms with Crippen molar-refractivity contribution in [3.8, 4) is 0 Å². The maximum atomic E-state index is 12.5. The van der Waals surface area contributed by atoms with Gasteiger partial charge in [0.1, 0.15) is 26.0 Å². The molecule has 0 radical (unpaired) electrons. The summed E-state index contributed by atoms with van der Waals surface area (Å²) in [5.74, 6) is -0.897. The fourth-order valence-corrected chi connectivity index (χ4v) is 5.62. The van der Waals surface area contributed by atoms with Crippen molar-refractivity contribution in [2.24, 2.45) is 0 Å². The molecule has 0 saturated carbocycles. The van der Waals surface area contributed by atoms with Crippen molar-refractivity contribution in [3.63, 3.8) is 0 Å². The molecule has 0 rings (SSSR count). The number of hydrogen-bond acceptors (Lipinski definition) is 9. The zero-order chi connectivity index (χ0) is 35.8. The van der Waals surface area contributed by atoms with Gasteiger partial charge in [0.15, 0.2) is 6.10 Å². The van der Waals surface area contributed by atoms with Crippen LogP contribution in [0.15, 0.2) is 24.3 Å². The number of carbonyl (C=O) groups excluding carboxylic acids is 3. The zero-order valence-corrected chi connectivity index (χ0v) is 31.6. The molecule has 0 spiro atoms. The lowest BCUT2D eigenvalue weighted by molar-refractivity contribution is -0.870. The molecule has 0 amide bonds. The van der Waals surface area contributed by atoms with E-state index in [-0.39, 0.29) is 26.1 Å². The average molecular weight is 702 g/mol. The summed E-state index contributed by atoms with van der Waals surface area (Å²) in [6, 6.07) is 0. The van der Waals surface area contributed by atoms with Crippen molar-refractivity contribution in [3.05, 3.63) is 24.3 Å². The second kappa shape index (κ2) is 31.2. The Morgan fingerprint density at radius 3 is 1.75 bits per heavy atom. The number of phosphoric ester groups is 1. The molecule has 0 N–H and O–H groups in total. The van der Waals surface area contributed by atoms with E-state index in [1.165, 1.54) is 70.3 Å². The van der Waals surface area contributed by atoms with E-state index in [1.807, 2.05) is 33.3 Å². The molecule has 0 aliphatic carbocycles. The lowest BCUT2D eigenvalue weighted by Crippen LogP contribution is -2.37. The van der Waals surface area contributed by atoms with Crippen LogP contribution in [0.1, 0.15) is 142 Å². The summed E-state index contributed by atoms with van der Waals surface area (Å²) >= 11 is 0. The van der Waals surface area contributed by atoms with Gasteiger partial charge in [0.2, 0.25) is 0 Å². The van der Waals surface area contributed by atoms with E-state index in [2.05, 4.69) is 6.92 Å². The first-order valence-corrected chi connectivity index (χ1v) is 20.0.